The molecule has 1 amide bonds. The highest BCUT2D eigenvalue weighted by molar-refractivity contribution is 6.37. The zero-order valence-corrected chi connectivity index (χ0v) is 15.1. The van der Waals surface area contributed by atoms with Crippen LogP contribution in [-0.2, 0) is 11.2 Å². The van der Waals surface area contributed by atoms with Crippen molar-refractivity contribution in [3.63, 3.8) is 0 Å². The lowest BCUT2D eigenvalue weighted by molar-refractivity contribution is -0.173. The number of amides is 1. The van der Waals surface area contributed by atoms with Gasteiger partial charge in [0, 0.05) is 13.0 Å². The van der Waals surface area contributed by atoms with E-state index >= 15 is 0 Å². The molecule has 0 radical (unpaired) electrons. The molecule has 0 atom stereocenters. The summed E-state index contributed by atoms with van der Waals surface area (Å²) in [6.07, 6.45) is -3.95. The summed E-state index contributed by atoms with van der Waals surface area (Å²) in [6, 6.07) is 4.93. The van der Waals surface area contributed by atoms with E-state index in [9.17, 15) is 18.0 Å². The smallest absolute Gasteiger partial charge is 0.370 e. The number of alkyl halides is 3. The van der Waals surface area contributed by atoms with Crippen molar-refractivity contribution in [2.75, 3.05) is 19.8 Å². The SMILES string of the molecule is CCc1nc(C(=O)NCCOCC(F)(F)F)nn1-c1c(Cl)cccc1Cl. The quantitative estimate of drug-likeness (QED) is 0.709. The summed E-state index contributed by atoms with van der Waals surface area (Å²) in [5.41, 5.74) is 0.396. The first-order chi connectivity index (χ1) is 12.2. The lowest BCUT2D eigenvalue weighted by Gasteiger charge is -2.08. The molecule has 0 fully saturated rings. The molecule has 11 heteroatoms. The molecule has 1 aromatic heterocycles. The predicted octanol–water partition coefficient (Wildman–Crippen LogP) is 3.45. The van der Waals surface area contributed by atoms with E-state index < -0.39 is 18.7 Å². The van der Waals surface area contributed by atoms with Crippen LogP contribution in [0, 0.1) is 0 Å². The van der Waals surface area contributed by atoms with E-state index in [4.69, 9.17) is 23.2 Å². The molecule has 26 heavy (non-hydrogen) atoms. The number of aryl methyl sites for hydroxylation is 1. The first-order valence-corrected chi connectivity index (χ1v) is 8.31. The van der Waals surface area contributed by atoms with Gasteiger partial charge < -0.3 is 10.1 Å². The lowest BCUT2D eigenvalue weighted by atomic mass is 10.3. The average molecular weight is 411 g/mol. The van der Waals surface area contributed by atoms with Crippen molar-refractivity contribution in [1.82, 2.24) is 20.1 Å². The Bertz CT molecular complexity index is 760. The summed E-state index contributed by atoms with van der Waals surface area (Å²) in [6.45, 7) is 0.0410. The molecule has 0 aliphatic heterocycles. The number of aromatic nitrogens is 3. The normalized spacial score (nSPS) is 11.6. The van der Waals surface area contributed by atoms with Crippen molar-refractivity contribution in [2.45, 2.75) is 19.5 Å². The highest BCUT2D eigenvalue weighted by Crippen LogP contribution is 2.28. The van der Waals surface area contributed by atoms with E-state index in [1.807, 2.05) is 6.92 Å². The molecule has 0 bridgehead atoms. The van der Waals surface area contributed by atoms with Gasteiger partial charge in [0.1, 0.15) is 18.1 Å². The summed E-state index contributed by atoms with van der Waals surface area (Å²) in [4.78, 5) is 16.2. The zero-order valence-electron chi connectivity index (χ0n) is 13.6. The number of para-hydroxylation sites is 1. The second kappa shape index (κ2) is 8.70. The fourth-order valence-corrected chi connectivity index (χ4v) is 2.60. The van der Waals surface area contributed by atoms with E-state index in [-0.39, 0.29) is 19.0 Å². The monoisotopic (exact) mass is 410 g/mol. The van der Waals surface area contributed by atoms with Crippen LogP contribution in [0.25, 0.3) is 5.69 Å². The second-order valence-electron chi connectivity index (χ2n) is 5.11. The van der Waals surface area contributed by atoms with Gasteiger partial charge >= 0.3 is 6.18 Å². The van der Waals surface area contributed by atoms with Crippen molar-refractivity contribution >= 4 is 29.1 Å². The summed E-state index contributed by atoms with van der Waals surface area (Å²) >= 11 is 12.3. The van der Waals surface area contributed by atoms with Gasteiger partial charge in [0.05, 0.1) is 16.7 Å². The Hall–Kier alpha value is -1.84. The summed E-state index contributed by atoms with van der Waals surface area (Å²) in [7, 11) is 0. The van der Waals surface area contributed by atoms with Gasteiger partial charge in [-0.3, -0.25) is 4.79 Å². The molecular weight excluding hydrogens is 396 g/mol. The number of hydrogen-bond acceptors (Lipinski definition) is 4. The molecule has 1 aromatic carbocycles. The number of nitrogens with one attached hydrogen (secondary N) is 1. The van der Waals surface area contributed by atoms with Crippen LogP contribution in [0.4, 0.5) is 13.2 Å². The molecule has 0 spiro atoms. The van der Waals surface area contributed by atoms with Crippen molar-refractivity contribution in [1.29, 1.82) is 0 Å². The molecule has 0 saturated carbocycles. The van der Waals surface area contributed by atoms with Crippen molar-refractivity contribution in [3.05, 3.63) is 39.9 Å². The molecule has 0 saturated heterocycles. The van der Waals surface area contributed by atoms with Crippen LogP contribution >= 0.6 is 23.2 Å². The standard InChI is InChI=1S/C15H15Cl2F3N4O2/c1-2-11-22-13(14(25)21-6-7-26-8-15(18,19)20)23-24(11)12-9(16)4-3-5-10(12)17/h3-5H,2,6-8H2,1H3,(H,21,25). The van der Waals surface area contributed by atoms with E-state index in [1.54, 1.807) is 18.2 Å². The maximum absolute atomic E-state index is 12.1. The fourth-order valence-electron chi connectivity index (χ4n) is 2.04. The third kappa shape index (κ3) is 5.33. The van der Waals surface area contributed by atoms with Crippen molar-refractivity contribution < 1.29 is 22.7 Å². The fraction of sp³-hybridized carbons (Fsp3) is 0.400. The van der Waals surface area contributed by atoms with Gasteiger partial charge in [-0.25, -0.2) is 9.67 Å². The first-order valence-electron chi connectivity index (χ1n) is 7.56. The average Bonchev–Trinajstić information content (AvgIpc) is 2.97. The molecule has 2 aromatic rings. The third-order valence-corrected chi connectivity index (χ3v) is 3.75. The number of nitrogens with zero attached hydrogens (tertiary/aromatic N) is 3. The van der Waals surface area contributed by atoms with Crippen LogP contribution in [-0.4, -0.2) is 46.6 Å². The third-order valence-electron chi connectivity index (χ3n) is 3.14. The Morgan fingerprint density at radius 3 is 2.54 bits per heavy atom. The van der Waals surface area contributed by atoms with Crippen LogP contribution < -0.4 is 5.32 Å². The van der Waals surface area contributed by atoms with Gasteiger partial charge in [-0.1, -0.05) is 36.2 Å². The first kappa shape index (κ1) is 20.5. The molecule has 0 aliphatic carbocycles. The Labute approximate surface area is 157 Å². The number of halogens is 5. The zero-order chi connectivity index (χ0) is 19.3. The van der Waals surface area contributed by atoms with Gasteiger partial charge in [-0.2, -0.15) is 13.2 Å². The number of hydrogen-bond donors (Lipinski definition) is 1. The van der Waals surface area contributed by atoms with E-state index in [0.717, 1.165) is 0 Å². The molecule has 6 nitrogen and oxygen atoms in total. The van der Waals surface area contributed by atoms with E-state index in [1.165, 1.54) is 4.68 Å². The minimum absolute atomic E-state index is 0.113. The summed E-state index contributed by atoms with van der Waals surface area (Å²) in [5, 5.41) is 7.18. The van der Waals surface area contributed by atoms with Crippen LogP contribution in [0.2, 0.25) is 10.0 Å². The Balaban J connectivity index is 2.07. The van der Waals surface area contributed by atoms with Gasteiger partial charge in [0.25, 0.3) is 5.91 Å². The summed E-state index contributed by atoms with van der Waals surface area (Å²) < 4.78 is 41.7. The molecule has 142 valence electrons. The van der Waals surface area contributed by atoms with Crippen LogP contribution in [0.3, 0.4) is 0 Å². The van der Waals surface area contributed by atoms with Crippen LogP contribution in [0.15, 0.2) is 18.2 Å². The molecule has 1 heterocycles. The second-order valence-corrected chi connectivity index (χ2v) is 5.93. The number of carbonyl (C=O) groups is 1. The van der Waals surface area contributed by atoms with Crippen molar-refractivity contribution in [2.24, 2.45) is 0 Å². The molecule has 1 N–H and O–H groups in total. The summed E-state index contributed by atoms with van der Waals surface area (Å²) in [5.74, 6) is -0.329. The molecule has 2 rings (SSSR count). The Morgan fingerprint density at radius 1 is 1.31 bits per heavy atom. The van der Waals surface area contributed by atoms with Crippen molar-refractivity contribution in [3.8, 4) is 5.69 Å². The Kier molecular flexibility index (Phi) is 6.85. The maximum Gasteiger partial charge on any atom is 0.411 e. The molecular formula is C15H15Cl2F3N4O2. The van der Waals surface area contributed by atoms with E-state index in [0.29, 0.717) is 28.0 Å². The largest absolute Gasteiger partial charge is 0.411 e. The number of rotatable bonds is 7. The van der Waals surface area contributed by atoms with Gasteiger partial charge in [0.2, 0.25) is 5.82 Å². The number of carbonyl (C=O) groups excluding carboxylic acids is 1. The molecule has 0 unspecified atom stereocenters. The topological polar surface area (TPSA) is 69.0 Å². The van der Waals surface area contributed by atoms with Gasteiger partial charge in [0.15, 0.2) is 0 Å². The lowest BCUT2D eigenvalue weighted by Crippen LogP contribution is -2.29. The number of ether oxygens (including phenoxy) is 1. The van der Waals surface area contributed by atoms with Crippen LogP contribution in [0.1, 0.15) is 23.4 Å². The highest BCUT2D eigenvalue weighted by atomic mass is 35.5. The minimum Gasteiger partial charge on any atom is -0.370 e. The Morgan fingerprint density at radius 2 is 1.96 bits per heavy atom. The minimum atomic E-state index is -4.41. The van der Waals surface area contributed by atoms with Gasteiger partial charge in [-0.05, 0) is 12.1 Å². The number of benzene rings is 1. The highest BCUT2D eigenvalue weighted by Gasteiger charge is 2.27. The molecule has 0 aliphatic rings. The van der Waals surface area contributed by atoms with Gasteiger partial charge in [-0.15, -0.1) is 5.10 Å². The maximum atomic E-state index is 12.1. The predicted molar refractivity (Wildman–Crippen MR) is 90.0 cm³/mol. The van der Waals surface area contributed by atoms with Crippen LogP contribution in [0.5, 0.6) is 0 Å². The van der Waals surface area contributed by atoms with E-state index in [2.05, 4.69) is 20.1 Å².